The van der Waals surface area contributed by atoms with Crippen molar-refractivity contribution in [3.05, 3.63) is 0 Å². The molecule has 0 spiro atoms. The highest BCUT2D eigenvalue weighted by molar-refractivity contribution is 7.91. The summed E-state index contributed by atoms with van der Waals surface area (Å²) in [6.07, 6.45) is 1.58. The molecule has 1 saturated heterocycles. The number of hydrogen-bond acceptors (Lipinski definition) is 3. The fourth-order valence-electron chi connectivity index (χ4n) is 1.40. The van der Waals surface area contributed by atoms with Crippen LogP contribution in [0.3, 0.4) is 0 Å². The second kappa shape index (κ2) is 4.09. The predicted molar refractivity (Wildman–Crippen MR) is 53.5 cm³/mol. The van der Waals surface area contributed by atoms with Crippen LogP contribution in [0.25, 0.3) is 0 Å². The molecule has 4 nitrogen and oxygen atoms in total. The van der Waals surface area contributed by atoms with Crippen molar-refractivity contribution < 1.29 is 8.42 Å². The molecular formula is C8H16N2O2S. The van der Waals surface area contributed by atoms with Crippen LogP contribution in [0, 0.1) is 5.92 Å². The van der Waals surface area contributed by atoms with Gasteiger partial charge < -0.3 is 5.73 Å². The summed E-state index contributed by atoms with van der Waals surface area (Å²) >= 11 is 0. The number of aliphatic imine (C=N–C) groups is 1. The molecule has 0 amide bonds. The van der Waals surface area contributed by atoms with E-state index in [4.69, 9.17) is 5.73 Å². The van der Waals surface area contributed by atoms with Gasteiger partial charge in [0.25, 0.3) is 0 Å². The van der Waals surface area contributed by atoms with Crippen molar-refractivity contribution in [2.75, 3.05) is 18.1 Å². The molecule has 13 heavy (non-hydrogen) atoms. The molecular weight excluding hydrogens is 188 g/mol. The number of amidine groups is 1. The summed E-state index contributed by atoms with van der Waals surface area (Å²) in [4.78, 5) is 4.12. The summed E-state index contributed by atoms with van der Waals surface area (Å²) in [6.45, 7) is 2.71. The molecule has 1 atom stereocenters. The van der Waals surface area contributed by atoms with Crippen molar-refractivity contribution in [1.82, 2.24) is 0 Å². The summed E-state index contributed by atoms with van der Waals surface area (Å²) in [5, 5.41) is 0. The first-order chi connectivity index (χ1) is 6.05. The van der Waals surface area contributed by atoms with Crippen molar-refractivity contribution in [1.29, 1.82) is 0 Å². The zero-order chi connectivity index (χ0) is 9.90. The zero-order valence-corrected chi connectivity index (χ0v) is 8.68. The molecule has 0 saturated carbocycles. The van der Waals surface area contributed by atoms with E-state index < -0.39 is 9.84 Å². The van der Waals surface area contributed by atoms with E-state index in [0.717, 1.165) is 6.42 Å². The minimum absolute atomic E-state index is 0.0310. The Labute approximate surface area is 79.1 Å². The van der Waals surface area contributed by atoms with Gasteiger partial charge in [-0.15, -0.1) is 0 Å². The first kappa shape index (κ1) is 10.5. The van der Waals surface area contributed by atoms with Crippen LogP contribution in [0.1, 0.15) is 19.8 Å². The lowest BCUT2D eigenvalue weighted by molar-refractivity contribution is 0.601. The average molecular weight is 204 g/mol. The van der Waals surface area contributed by atoms with Crippen molar-refractivity contribution in [3.63, 3.8) is 0 Å². The van der Waals surface area contributed by atoms with Crippen molar-refractivity contribution in [2.45, 2.75) is 19.8 Å². The average Bonchev–Trinajstić information content (AvgIpc) is 2.42. The first-order valence-corrected chi connectivity index (χ1v) is 6.37. The molecule has 2 N–H and O–H groups in total. The van der Waals surface area contributed by atoms with Gasteiger partial charge in [0.15, 0.2) is 9.84 Å². The molecule has 1 aliphatic rings. The van der Waals surface area contributed by atoms with E-state index in [0.29, 0.717) is 18.8 Å². The number of nitrogens with two attached hydrogens (primary N) is 1. The Kier molecular flexibility index (Phi) is 3.30. The summed E-state index contributed by atoms with van der Waals surface area (Å²) < 4.78 is 22.2. The van der Waals surface area contributed by atoms with E-state index in [-0.39, 0.29) is 17.4 Å². The van der Waals surface area contributed by atoms with Crippen molar-refractivity contribution in [2.24, 2.45) is 16.6 Å². The van der Waals surface area contributed by atoms with Crippen LogP contribution in [0.4, 0.5) is 0 Å². The fourth-order valence-corrected chi connectivity index (χ4v) is 3.16. The number of rotatable bonds is 3. The highest BCUT2D eigenvalue weighted by Gasteiger charge is 2.30. The van der Waals surface area contributed by atoms with Gasteiger partial charge in [0.05, 0.1) is 17.3 Å². The highest BCUT2D eigenvalue weighted by Crippen LogP contribution is 2.18. The van der Waals surface area contributed by atoms with Gasteiger partial charge in [0.2, 0.25) is 0 Å². The van der Waals surface area contributed by atoms with Gasteiger partial charge in [0.1, 0.15) is 0 Å². The van der Waals surface area contributed by atoms with Gasteiger partial charge in [-0.25, -0.2) is 8.42 Å². The Morgan fingerprint density at radius 1 is 1.62 bits per heavy atom. The van der Waals surface area contributed by atoms with Gasteiger partial charge in [-0.05, 0) is 12.8 Å². The van der Waals surface area contributed by atoms with Crippen LogP contribution < -0.4 is 5.73 Å². The summed E-state index contributed by atoms with van der Waals surface area (Å²) in [5.74, 6) is 0.936. The maximum atomic E-state index is 11.1. The van der Waals surface area contributed by atoms with Crippen LogP contribution in [0.2, 0.25) is 0 Å². The Morgan fingerprint density at radius 2 is 2.31 bits per heavy atom. The molecule has 0 aromatic rings. The second-order valence-corrected chi connectivity index (χ2v) is 5.64. The Hall–Kier alpha value is -0.580. The Bertz CT molecular complexity index is 295. The molecule has 1 rings (SSSR count). The second-order valence-electron chi connectivity index (χ2n) is 3.41. The molecule has 0 radical (unpaired) electrons. The van der Waals surface area contributed by atoms with Gasteiger partial charge in [-0.1, -0.05) is 6.92 Å². The molecule has 0 aliphatic carbocycles. The lowest BCUT2D eigenvalue weighted by Gasteiger charge is -2.05. The first-order valence-electron chi connectivity index (χ1n) is 4.55. The van der Waals surface area contributed by atoms with E-state index >= 15 is 0 Å². The third kappa shape index (κ3) is 2.99. The maximum absolute atomic E-state index is 11.1. The molecule has 1 aliphatic heterocycles. The number of hydrogen-bond donors (Lipinski definition) is 1. The molecule has 0 bridgehead atoms. The van der Waals surface area contributed by atoms with Gasteiger partial charge in [-0.2, -0.15) is 0 Å². The third-order valence-electron chi connectivity index (χ3n) is 2.17. The van der Waals surface area contributed by atoms with Gasteiger partial charge in [0, 0.05) is 12.5 Å². The Morgan fingerprint density at radius 3 is 2.77 bits per heavy atom. The molecule has 1 heterocycles. The quantitative estimate of drug-likeness (QED) is 0.527. The fraction of sp³-hybridized carbons (Fsp3) is 0.875. The Balaban J connectivity index is 2.56. The number of nitrogens with zero attached hydrogens (tertiary/aromatic N) is 1. The van der Waals surface area contributed by atoms with E-state index in [9.17, 15) is 8.42 Å². The molecule has 5 heteroatoms. The number of sulfone groups is 1. The molecule has 0 aromatic heterocycles. The van der Waals surface area contributed by atoms with Crippen LogP contribution in [-0.2, 0) is 9.84 Å². The van der Waals surface area contributed by atoms with E-state index in [1.54, 1.807) is 0 Å². The normalized spacial score (nSPS) is 27.8. The van der Waals surface area contributed by atoms with Crippen LogP contribution in [0.5, 0.6) is 0 Å². The van der Waals surface area contributed by atoms with E-state index in [1.165, 1.54) is 0 Å². The molecule has 1 fully saturated rings. The highest BCUT2D eigenvalue weighted by atomic mass is 32.2. The lowest BCUT2D eigenvalue weighted by atomic mass is 10.1. The maximum Gasteiger partial charge on any atom is 0.151 e. The van der Waals surface area contributed by atoms with Crippen LogP contribution in [-0.4, -0.2) is 32.3 Å². The molecule has 76 valence electrons. The molecule has 0 aromatic carbocycles. The topological polar surface area (TPSA) is 72.5 Å². The standard InChI is InChI=1S/C8H16N2O2S/c1-2-4-10-8(9)7-3-5-13(11,12)6-7/h7H,2-6H2,1H3,(H2,9,10). The SMILES string of the molecule is CCCN=C(N)C1CCS(=O)(=O)C1. The largest absolute Gasteiger partial charge is 0.387 e. The monoisotopic (exact) mass is 204 g/mol. The summed E-state index contributed by atoms with van der Waals surface area (Å²) in [7, 11) is -2.83. The lowest BCUT2D eigenvalue weighted by Crippen LogP contribution is -2.25. The van der Waals surface area contributed by atoms with Crippen molar-refractivity contribution in [3.8, 4) is 0 Å². The van der Waals surface area contributed by atoms with E-state index in [1.807, 2.05) is 6.92 Å². The van der Waals surface area contributed by atoms with Gasteiger partial charge >= 0.3 is 0 Å². The smallest absolute Gasteiger partial charge is 0.151 e. The third-order valence-corrected chi connectivity index (χ3v) is 3.94. The van der Waals surface area contributed by atoms with E-state index in [2.05, 4.69) is 4.99 Å². The zero-order valence-electron chi connectivity index (χ0n) is 7.86. The summed E-state index contributed by atoms with van der Waals surface area (Å²) in [6, 6.07) is 0. The van der Waals surface area contributed by atoms with Crippen molar-refractivity contribution >= 4 is 15.7 Å². The predicted octanol–water partition coefficient (Wildman–Crippen LogP) is 0.188. The molecule has 1 unspecified atom stereocenters. The van der Waals surface area contributed by atoms with Crippen LogP contribution in [0.15, 0.2) is 4.99 Å². The minimum atomic E-state index is -2.83. The van der Waals surface area contributed by atoms with Gasteiger partial charge in [-0.3, -0.25) is 4.99 Å². The van der Waals surface area contributed by atoms with Crippen LogP contribution >= 0.6 is 0 Å². The minimum Gasteiger partial charge on any atom is -0.387 e. The summed E-state index contributed by atoms with van der Waals surface area (Å²) in [5.41, 5.74) is 5.67.